The van der Waals surface area contributed by atoms with Crippen molar-refractivity contribution < 1.29 is 25.8 Å². The number of benzene rings is 2. The van der Waals surface area contributed by atoms with Crippen LogP contribution in [-0.2, 0) is 21.1 Å². The van der Waals surface area contributed by atoms with E-state index in [9.17, 15) is 0 Å². The fourth-order valence-electron chi connectivity index (χ4n) is 5.39. The van der Waals surface area contributed by atoms with Gasteiger partial charge in [0.25, 0.3) is 0 Å². The van der Waals surface area contributed by atoms with Crippen LogP contribution in [0.3, 0.4) is 0 Å². The van der Waals surface area contributed by atoms with Gasteiger partial charge in [-0.25, -0.2) is 9.67 Å². The number of ether oxygens (including phenoxy) is 1. The Bertz CT molecular complexity index is 1780. The summed E-state index contributed by atoms with van der Waals surface area (Å²) in [6.07, 6.45) is 9.21. The van der Waals surface area contributed by atoms with E-state index >= 15 is 0 Å². The summed E-state index contributed by atoms with van der Waals surface area (Å²) >= 11 is 0. The van der Waals surface area contributed by atoms with Crippen LogP contribution in [0.15, 0.2) is 73.5 Å². The number of fused-ring (bicyclic) bond motifs is 1. The smallest absolute Gasteiger partial charge is 0.152 e. The molecule has 44 heavy (non-hydrogen) atoms. The van der Waals surface area contributed by atoms with Gasteiger partial charge in [0, 0.05) is 45.0 Å². The molecular weight excluding hydrogens is 728 g/mol. The fourth-order valence-corrected chi connectivity index (χ4v) is 5.39. The molecule has 0 atom stereocenters. The molecule has 0 saturated carbocycles. The van der Waals surface area contributed by atoms with Gasteiger partial charge >= 0.3 is 0 Å². The minimum absolute atomic E-state index is 0. The van der Waals surface area contributed by atoms with Gasteiger partial charge in [0.1, 0.15) is 0 Å². The Morgan fingerprint density at radius 1 is 0.818 bits per heavy atom. The Hall–Kier alpha value is -3.96. The summed E-state index contributed by atoms with van der Waals surface area (Å²) in [6.45, 7) is 15.6. The van der Waals surface area contributed by atoms with Crippen molar-refractivity contribution in [1.82, 2.24) is 24.6 Å². The third kappa shape index (κ3) is 6.30. The van der Waals surface area contributed by atoms with Crippen molar-refractivity contribution >= 4 is 16.7 Å². The first-order chi connectivity index (χ1) is 20.7. The van der Waals surface area contributed by atoms with Crippen molar-refractivity contribution in [3.8, 4) is 28.4 Å². The largest absolute Gasteiger partial charge is 0.510 e. The Labute approximate surface area is 274 Å². The maximum absolute atomic E-state index is 6.17. The molecule has 0 unspecified atom stereocenters. The molecule has 6 rings (SSSR count). The van der Waals surface area contributed by atoms with E-state index in [1.54, 1.807) is 17.1 Å². The van der Waals surface area contributed by atoms with Gasteiger partial charge in [-0.2, -0.15) is 17.8 Å². The zero-order chi connectivity index (χ0) is 30.2. The van der Waals surface area contributed by atoms with E-state index < -0.39 is 0 Å². The number of pyridine rings is 2. The maximum Gasteiger partial charge on any atom is 0.152 e. The normalized spacial score (nSPS) is 13.0. The first kappa shape index (κ1) is 31.5. The van der Waals surface area contributed by atoms with Gasteiger partial charge in [-0.3, -0.25) is 0 Å². The zero-order valence-electron chi connectivity index (χ0n) is 26.1. The SMILES string of the molecule is CC(C)c1cc(C(C)C)c(-c2ccnc(-n3ncc4ncc(Oc5[c-]c(N6C=CN(C)[CH-]6)ccc5)[c-]c43)c2)c(C(C)C)c1.[Pt]. The van der Waals surface area contributed by atoms with Crippen molar-refractivity contribution in [3.05, 3.63) is 109 Å². The molecule has 0 radical (unpaired) electrons. The number of hydrogen-bond donors (Lipinski definition) is 0. The van der Waals surface area contributed by atoms with Crippen molar-refractivity contribution in [2.24, 2.45) is 0 Å². The minimum Gasteiger partial charge on any atom is -0.510 e. The molecule has 230 valence electrons. The second-order valence-electron chi connectivity index (χ2n) is 12.0. The molecule has 0 saturated heterocycles. The zero-order valence-corrected chi connectivity index (χ0v) is 28.4. The summed E-state index contributed by atoms with van der Waals surface area (Å²) in [6, 6.07) is 21.5. The average molecular weight is 765 g/mol. The summed E-state index contributed by atoms with van der Waals surface area (Å²) in [5, 5.41) is 4.65. The summed E-state index contributed by atoms with van der Waals surface area (Å²) < 4.78 is 7.95. The predicted octanol–water partition coefficient (Wildman–Crippen LogP) is 8.59. The summed E-state index contributed by atoms with van der Waals surface area (Å²) in [4.78, 5) is 13.3. The van der Waals surface area contributed by atoms with E-state index in [2.05, 4.69) is 88.0 Å². The standard InChI is InChI=1S/C36H37N6O.Pt/c1-23(2)27-15-31(24(3)4)36(32(16-27)25(5)6)26-11-12-37-35(17-26)42-34-19-30(20-38-33(34)21-39-42)43-29-10-8-9-28(18-29)41-14-13-40(7)22-41;/h8-17,20-25H,1-7H3;/q-3;. The van der Waals surface area contributed by atoms with Crippen LogP contribution in [0.1, 0.15) is 76.0 Å². The van der Waals surface area contributed by atoms with Crippen molar-refractivity contribution in [3.63, 3.8) is 0 Å². The third-order valence-corrected chi connectivity index (χ3v) is 7.72. The summed E-state index contributed by atoms with van der Waals surface area (Å²) in [5.41, 5.74) is 8.78. The molecular formula is C36H37N6OPt-3. The molecule has 3 aromatic heterocycles. The molecule has 8 heteroatoms. The monoisotopic (exact) mass is 764 g/mol. The third-order valence-electron chi connectivity index (χ3n) is 7.72. The second-order valence-corrected chi connectivity index (χ2v) is 12.0. The molecule has 1 aliphatic rings. The molecule has 4 heterocycles. The first-order valence-electron chi connectivity index (χ1n) is 14.8. The summed E-state index contributed by atoms with van der Waals surface area (Å²) in [7, 11) is 1.98. The van der Waals surface area contributed by atoms with Gasteiger partial charge in [-0.05, 0) is 94.4 Å². The molecule has 0 bridgehead atoms. The average Bonchev–Trinajstić information content (AvgIpc) is 3.62. The molecule has 2 aromatic carbocycles. The Balaban J connectivity index is 0.00000384. The van der Waals surface area contributed by atoms with Crippen LogP contribution in [-0.4, -0.2) is 31.7 Å². The minimum atomic E-state index is 0. The van der Waals surface area contributed by atoms with E-state index in [1.807, 2.05) is 60.3 Å². The molecule has 0 aliphatic carbocycles. The van der Waals surface area contributed by atoms with Crippen LogP contribution in [0.2, 0.25) is 0 Å². The van der Waals surface area contributed by atoms with Gasteiger partial charge in [0.2, 0.25) is 0 Å². The van der Waals surface area contributed by atoms with E-state index in [1.165, 1.54) is 22.3 Å². The number of nitrogens with zero attached hydrogens (tertiary/aromatic N) is 6. The fraction of sp³-hybridized carbons (Fsp3) is 0.278. The second kappa shape index (κ2) is 13.0. The Morgan fingerprint density at radius 2 is 1.57 bits per heavy atom. The van der Waals surface area contributed by atoms with Crippen LogP contribution < -0.4 is 9.64 Å². The topological polar surface area (TPSA) is 59.3 Å². The van der Waals surface area contributed by atoms with Gasteiger partial charge in [-0.1, -0.05) is 53.7 Å². The van der Waals surface area contributed by atoms with Crippen LogP contribution in [0, 0.1) is 18.8 Å². The predicted molar refractivity (Wildman–Crippen MR) is 172 cm³/mol. The maximum atomic E-state index is 6.17. The number of aromatic nitrogens is 4. The van der Waals surface area contributed by atoms with Crippen molar-refractivity contribution in [2.75, 3.05) is 11.9 Å². The van der Waals surface area contributed by atoms with Crippen LogP contribution >= 0.6 is 0 Å². The summed E-state index contributed by atoms with van der Waals surface area (Å²) in [5.74, 6) is 2.97. The van der Waals surface area contributed by atoms with Crippen LogP contribution in [0.4, 0.5) is 5.69 Å². The van der Waals surface area contributed by atoms with Gasteiger partial charge < -0.3 is 19.5 Å². The molecule has 0 spiro atoms. The van der Waals surface area contributed by atoms with Gasteiger partial charge in [0.15, 0.2) is 5.82 Å². The van der Waals surface area contributed by atoms with E-state index in [4.69, 9.17) is 9.72 Å². The van der Waals surface area contributed by atoms with Crippen molar-refractivity contribution in [1.29, 1.82) is 0 Å². The van der Waals surface area contributed by atoms with Crippen molar-refractivity contribution in [2.45, 2.75) is 59.3 Å². The van der Waals surface area contributed by atoms with E-state index in [0.29, 0.717) is 46.1 Å². The van der Waals surface area contributed by atoms with Gasteiger partial charge in [-0.15, -0.1) is 30.0 Å². The number of anilines is 1. The Kier molecular flexibility index (Phi) is 9.26. The first-order valence-corrected chi connectivity index (χ1v) is 14.8. The van der Waals surface area contributed by atoms with Crippen LogP contribution in [0.25, 0.3) is 28.0 Å². The van der Waals surface area contributed by atoms with Gasteiger partial charge in [0.05, 0.1) is 0 Å². The molecule has 0 N–H and O–H groups in total. The van der Waals surface area contributed by atoms with Crippen LogP contribution in [0.5, 0.6) is 11.5 Å². The number of hydrogen-bond acceptors (Lipinski definition) is 6. The quantitative estimate of drug-likeness (QED) is 0.148. The van der Waals surface area contributed by atoms with E-state index in [-0.39, 0.29) is 21.1 Å². The molecule has 1 aliphatic heterocycles. The molecule has 5 aromatic rings. The molecule has 0 fully saturated rings. The number of rotatable bonds is 8. The molecule has 7 nitrogen and oxygen atoms in total. The van der Waals surface area contributed by atoms with E-state index in [0.717, 1.165) is 11.3 Å². The molecule has 0 amide bonds. The Morgan fingerprint density at radius 3 is 2.23 bits per heavy atom.